The van der Waals surface area contributed by atoms with E-state index in [0.29, 0.717) is 25.7 Å². The van der Waals surface area contributed by atoms with Crippen molar-refractivity contribution in [1.82, 2.24) is 0 Å². The van der Waals surface area contributed by atoms with Crippen molar-refractivity contribution in [2.45, 2.75) is 95.2 Å². The first kappa shape index (κ1) is 22.8. The molecule has 0 spiro atoms. The smallest absolute Gasteiger partial charge is 0.303 e. The highest BCUT2D eigenvalue weighted by atomic mass is 16.5. The molecule has 1 aliphatic rings. The topological polar surface area (TPSA) is 107 Å². The average molecular weight is 370 g/mol. The fourth-order valence-corrected chi connectivity index (χ4v) is 2.98. The van der Waals surface area contributed by atoms with Crippen LogP contribution in [0.1, 0.15) is 64.7 Å². The summed E-state index contributed by atoms with van der Waals surface area (Å²) < 4.78 is 5.75. The van der Waals surface area contributed by atoms with Crippen LogP contribution in [0.3, 0.4) is 0 Å². The second-order valence-electron chi connectivity index (χ2n) is 6.95. The summed E-state index contributed by atoms with van der Waals surface area (Å²) in [6.45, 7) is 2.17. The Kier molecular flexibility index (Phi) is 11.4. The maximum atomic E-state index is 10.4. The summed E-state index contributed by atoms with van der Waals surface area (Å²) in [6, 6.07) is 0. The molecule has 0 aromatic rings. The maximum absolute atomic E-state index is 10.4. The zero-order chi connectivity index (χ0) is 19.4. The van der Waals surface area contributed by atoms with Gasteiger partial charge in [0.15, 0.2) is 0 Å². The van der Waals surface area contributed by atoms with Gasteiger partial charge in [0.25, 0.3) is 0 Å². The number of aliphatic hydroxyl groups excluding tert-OH is 3. The molecule has 4 N–H and O–H groups in total. The molecular formula is C20H34O6. The number of carboxylic acid groups (broad SMARTS) is 1. The highest BCUT2D eigenvalue weighted by molar-refractivity contribution is 5.66. The molecule has 5 atom stereocenters. The minimum Gasteiger partial charge on any atom is -0.481 e. The van der Waals surface area contributed by atoms with Crippen molar-refractivity contribution in [2.24, 2.45) is 0 Å². The average Bonchev–Trinajstić information content (AvgIpc) is 2.96. The molecule has 6 nitrogen and oxygen atoms in total. The Balaban J connectivity index is 2.31. The lowest BCUT2D eigenvalue weighted by Crippen LogP contribution is -2.24. The molecule has 0 radical (unpaired) electrons. The first-order valence-corrected chi connectivity index (χ1v) is 9.68. The minimum absolute atomic E-state index is 0.0129. The third kappa shape index (κ3) is 9.48. The van der Waals surface area contributed by atoms with Crippen molar-refractivity contribution in [3.05, 3.63) is 24.3 Å². The summed E-state index contributed by atoms with van der Waals surface area (Å²) in [5, 5.41) is 38.6. The summed E-state index contributed by atoms with van der Waals surface area (Å²) in [6.07, 6.45) is 10.3. The molecule has 1 rings (SSSR count). The highest BCUT2D eigenvalue weighted by Gasteiger charge is 2.36. The van der Waals surface area contributed by atoms with Gasteiger partial charge in [0, 0.05) is 12.8 Å². The van der Waals surface area contributed by atoms with E-state index in [0.717, 1.165) is 6.42 Å². The zero-order valence-corrected chi connectivity index (χ0v) is 15.7. The maximum Gasteiger partial charge on any atom is 0.303 e. The monoisotopic (exact) mass is 370 g/mol. The van der Waals surface area contributed by atoms with E-state index < -0.39 is 30.4 Å². The molecule has 1 aliphatic heterocycles. The summed E-state index contributed by atoms with van der Waals surface area (Å²) in [5.41, 5.74) is 0. The van der Waals surface area contributed by atoms with E-state index >= 15 is 0 Å². The van der Waals surface area contributed by atoms with E-state index in [4.69, 9.17) is 9.84 Å². The van der Waals surface area contributed by atoms with Gasteiger partial charge in [-0.25, -0.2) is 0 Å². The zero-order valence-electron chi connectivity index (χ0n) is 15.7. The fraction of sp³-hybridized carbons (Fsp3) is 0.750. The molecule has 0 aromatic carbocycles. The predicted molar refractivity (Wildman–Crippen MR) is 99.8 cm³/mol. The summed E-state index contributed by atoms with van der Waals surface area (Å²) in [4.78, 5) is 10.4. The van der Waals surface area contributed by atoms with Crippen LogP contribution in [0.5, 0.6) is 0 Å². The molecule has 1 saturated heterocycles. The molecule has 1 heterocycles. The van der Waals surface area contributed by atoms with Crippen molar-refractivity contribution < 1.29 is 30.0 Å². The fourth-order valence-electron chi connectivity index (χ4n) is 2.98. The SMILES string of the molecule is CCCCC/C=C\C[C@H]1O[C@H]([C@@H](O)/C=C/[C@H](O)CCCC(=O)O)C[C@@H]1O. The molecule has 26 heavy (non-hydrogen) atoms. The Hall–Kier alpha value is -1.21. The van der Waals surface area contributed by atoms with Gasteiger partial charge in [0.05, 0.1) is 30.5 Å². The number of rotatable bonds is 13. The lowest BCUT2D eigenvalue weighted by molar-refractivity contribution is -0.137. The molecule has 0 unspecified atom stereocenters. The van der Waals surface area contributed by atoms with Crippen LogP contribution in [0, 0.1) is 0 Å². The summed E-state index contributed by atoms with van der Waals surface area (Å²) in [7, 11) is 0. The number of carboxylic acids is 1. The second-order valence-corrected chi connectivity index (χ2v) is 6.95. The largest absolute Gasteiger partial charge is 0.481 e. The molecule has 6 heteroatoms. The van der Waals surface area contributed by atoms with E-state index in [2.05, 4.69) is 13.0 Å². The third-order valence-electron chi connectivity index (χ3n) is 4.56. The van der Waals surface area contributed by atoms with Crippen LogP contribution >= 0.6 is 0 Å². The molecule has 0 bridgehead atoms. The number of aliphatic carboxylic acids is 1. The lowest BCUT2D eigenvalue weighted by Gasteiger charge is -2.16. The van der Waals surface area contributed by atoms with Gasteiger partial charge >= 0.3 is 5.97 Å². The number of allylic oxidation sites excluding steroid dienone is 1. The molecule has 0 aromatic heterocycles. The van der Waals surface area contributed by atoms with Crippen LogP contribution in [0.2, 0.25) is 0 Å². The van der Waals surface area contributed by atoms with Crippen molar-refractivity contribution in [3.8, 4) is 0 Å². The number of ether oxygens (including phenoxy) is 1. The number of hydrogen-bond donors (Lipinski definition) is 4. The van der Waals surface area contributed by atoms with E-state index in [-0.39, 0.29) is 12.5 Å². The van der Waals surface area contributed by atoms with Crippen molar-refractivity contribution >= 4 is 5.97 Å². The quantitative estimate of drug-likeness (QED) is 0.293. The van der Waals surface area contributed by atoms with Crippen molar-refractivity contribution in [1.29, 1.82) is 0 Å². The van der Waals surface area contributed by atoms with Crippen LogP contribution in [0.4, 0.5) is 0 Å². The predicted octanol–water partition coefficient (Wildman–Crippen LogP) is 2.56. The van der Waals surface area contributed by atoms with Gasteiger partial charge in [0.2, 0.25) is 0 Å². The summed E-state index contributed by atoms with van der Waals surface area (Å²) >= 11 is 0. The molecular weight excluding hydrogens is 336 g/mol. The van der Waals surface area contributed by atoms with Crippen LogP contribution in [-0.4, -0.2) is 56.9 Å². The van der Waals surface area contributed by atoms with Crippen LogP contribution in [0.25, 0.3) is 0 Å². The van der Waals surface area contributed by atoms with E-state index in [1.807, 2.05) is 6.08 Å². The third-order valence-corrected chi connectivity index (χ3v) is 4.56. The van der Waals surface area contributed by atoms with Crippen LogP contribution in [0.15, 0.2) is 24.3 Å². The van der Waals surface area contributed by atoms with Crippen LogP contribution < -0.4 is 0 Å². The molecule has 0 aliphatic carbocycles. The van der Waals surface area contributed by atoms with Gasteiger partial charge in [-0.3, -0.25) is 4.79 Å². The lowest BCUT2D eigenvalue weighted by atomic mass is 10.0. The van der Waals surface area contributed by atoms with E-state index in [1.165, 1.54) is 31.4 Å². The van der Waals surface area contributed by atoms with Gasteiger partial charge in [-0.2, -0.15) is 0 Å². The highest BCUT2D eigenvalue weighted by Crippen LogP contribution is 2.26. The Labute approximate surface area is 156 Å². The van der Waals surface area contributed by atoms with Gasteiger partial charge < -0.3 is 25.2 Å². The molecule has 0 saturated carbocycles. The minimum atomic E-state index is -0.905. The van der Waals surface area contributed by atoms with E-state index in [9.17, 15) is 20.1 Å². The first-order chi connectivity index (χ1) is 12.4. The summed E-state index contributed by atoms with van der Waals surface area (Å²) in [5.74, 6) is -0.889. The first-order valence-electron chi connectivity index (χ1n) is 9.68. The van der Waals surface area contributed by atoms with Gasteiger partial charge in [-0.15, -0.1) is 0 Å². The molecule has 1 fully saturated rings. The Morgan fingerprint density at radius 3 is 2.65 bits per heavy atom. The van der Waals surface area contributed by atoms with Crippen molar-refractivity contribution in [2.75, 3.05) is 0 Å². The number of hydrogen-bond acceptors (Lipinski definition) is 5. The second kappa shape index (κ2) is 13.0. The standard InChI is InChI=1S/C20H34O6/c1-2-3-4-5-6-7-10-18-17(23)14-19(26-18)16(22)13-12-15(21)9-8-11-20(24)25/h6-7,12-13,15-19,21-23H,2-5,8-11,14H2,1H3,(H,24,25)/b7-6-,13-12+/t15-,16+,17+,18-,19+/m1/s1. The number of aliphatic hydroxyl groups is 3. The number of carbonyl (C=O) groups is 1. The van der Waals surface area contributed by atoms with Gasteiger partial charge in [-0.1, -0.05) is 44.1 Å². The van der Waals surface area contributed by atoms with E-state index in [1.54, 1.807) is 0 Å². The Bertz CT molecular complexity index is 448. The molecule has 0 amide bonds. The number of unbranched alkanes of at least 4 members (excludes halogenated alkanes) is 3. The normalized spacial score (nSPS) is 25.9. The van der Waals surface area contributed by atoms with Crippen molar-refractivity contribution in [3.63, 3.8) is 0 Å². The Morgan fingerprint density at radius 2 is 1.96 bits per heavy atom. The Morgan fingerprint density at radius 1 is 1.19 bits per heavy atom. The van der Waals surface area contributed by atoms with Gasteiger partial charge in [0.1, 0.15) is 0 Å². The van der Waals surface area contributed by atoms with Crippen LogP contribution in [-0.2, 0) is 9.53 Å². The van der Waals surface area contributed by atoms with Gasteiger partial charge in [-0.05, 0) is 32.1 Å². The molecule has 150 valence electrons.